The lowest BCUT2D eigenvalue weighted by Gasteiger charge is -2.13. The number of pyridine rings is 1. The topological polar surface area (TPSA) is 39.2 Å². The molecule has 4 rings (SSSR count). The molecule has 0 aliphatic carbocycles. The highest BCUT2D eigenvalue weighted by atomic mass is 16.5. The fourth-order valence-electron chi connectivity index (χ4n) is 3.88. The number of nitrogens with zero attached hydrogens (tertiary/aromatic N) is 1. The Balaban J connectivity index is 1.87. The van der Waals surface area contributed by atoms with Crippen molar-refractivity contribution >= 4 is 16.9 Å². The third-order valence-corrected chi connectivity index (χ3v) is 5.22. The van der Waals surface area contributed by atoms with Gasteiger partial charge in [0.05, 0.1) is 16.8 Å². The van der Waals surface area contributed by atoms with Crippen molar-refractivity contribution < 1.29 is 9.53 Å². The second kappa shape index (κ2) is 7.75. The maximum absolute atomic E-state index is 13.3. The van der Waals surface area contributed by atoms with Crippen LogP contribution in [0, 0.1) is 34.6 Å². The van der Waals surface area contributed by atoms with Crippen molar-refractivity contribution in [3.05, 3.63) is 94.0 Å². The second-order valence-corrected chi connectivity index (χ2v) is 8.11. The molecule has 1 heterocycles. The Bertz CT molecular complexity index is 1250. The van der Waals surface area contributed by atoms with Crippen molar-refractivity contribution in [1.29, 1.82) is 0 Å². The lowest BCUT2D eigenvalue weighted by molar-refractivity contribution is 0.0736. The first-order chi connectivity index (χ1) is 14.3. The van der Waals surface area contributed by atoms with Gasteiger partial charge in [0.15, 0.2) is 0 Å². The maximum Gasteiger partial charge on any atom is 0.344 e. The van der Waals surface area contributed by atoms with Crippen LogP contribution in [-0.2, 0) is 0 Å². The molecule has 150 valence electrons. The van der Waals surface area contributed by atoms with Gasteiger partial charge in [-0.05, 0) is 75.6 Å². The number of carbonyl (C=O) groups excluding carboxylic acids is 1. The number of aromatic nitrogens is 1. The van der Waals surface area contributed by atoms with Crippen LogP contribution in [-0.4, -0.2) is 11.0 Å². The summed E-state index contributed by atoms with van der Waals surface area (Å²) in [5.41, 5.74) is 8.52. The minimum absolute atomic E-state index is 0.370. The molecule has 0 unspecified atom stereocenters. The summed E-state index contributed by atoms with van der Waals surface area (Å²) in [5, 5.41) is 0.817. The van der Waals surface area contributed by atoms with Crippen molar-refractivity contribution in [2.75, 3.05) is 0 Å². The van der Waals surface area contributed by atoms with Gasteiger partial charge >= 0.3 is 5.97 Å². The van der Waals surface area contributed by atoms with E-state index in [2.05, 4.69) is 31.2 Å². The Hall–Kier alpha value is -3.46. The zero-order chi connectivity index (χ0) is 21.4. The van der Waals surface area contributed by atoms with Crippen LogP contribution in [0.3, 0.4) is 0 Å². The first-order valence-electron chi connectivity index (χ1n) is 10.1. The molecule has 1 aromatic heterocycles. The molecule has 3 nitrogen and oxygen atoms in total. The fraction of sp³-hybridized carbons (Fsp3) is 0.185. The highest BCUT2D eigenvalue weighted by Crippen LogP contribution is 2.29. The van der Waals surface area contributed by atoms with E-state index in [9.17, 15) is 4.79 Å². The van der Waals surface area contributed by atoms with Crippen LogP contribution in [0.2, 0.25) is 0 Å². The zero-order valence-corrected chi connectivity index (χ0v) is 18.0. The van der Waals surface area contributed by atoms with Gasteiger partial charge in [-0.25, -0.2) is 9.78 Å². The summed E-state index contributed by atoms with van der Waals surface area (Å²) < 4.78 is 5.79. The van der Waals surface area contributed by atoms with E-state index < -0.39 is 0 Å². The monoisotopic (exact) mass is 395 g/mol. The van der Waals surface area contributed by atoms with Crippen LogP contribution in [0.5, 0.6) is 5.75 Å². The minimum Gasteiger partial charge on any atom is -0.423 e. The highest BCUT2D eigenvalue weighted by Gasteiger charge is 2.18. The number of rotatable bonds is 3. The van der Waals surface area contributed by atoms with Crippen LogP contribution < -0.4 is 4.74 Å². The normalized spacial score (nSPS) is 11.0. The van der Waals surface area contributed by atoms with Crippen molar-refractivity contribution in [3.8, 4) is 17.0 Å². The molecule has 3 aromatic carbocycles. The lowest BCUT2D eigenvalue weighted by Crippen LogP contribution is -2.11. The van der Waals surface area contributed by atoms with Gasteiger partial charge in [0.2, 0.25) is 0 Å². The summed E-state index contributed by atoms with van der Waals surface area (Å²) in [4.78, 5) is 18.1. The minimum atomic E-state index is -0.370. The van der Waals surface area contributed by atoms with Crippen LogP contribution in [0.4, 0.5) is 0 Å². The van der Waals surface area contributed by atoms with Crippen LogP contribution in [0.1, 0.15) is 38.2 Å². The van der Waals surface area contributed by atoms with Gasteiger partial charge in [0.1, 0.15) is 5.75 Å². The molecule has 4 aromatic rings. The predicted octanol–water partition coefficient (Wildman–Crippen LogP) is 6.66. The zero-order valence-electron chi connectivity index (χ0n) is 18.0. The molecule has 0 aliphatic rings. The van der Waals surface area contributed by atoms with E-state index in [-0.39, 0.29) is 5.97 Å². The molecule has 0 N–H and O–H groups in total. The first-order valence-corrected chi connectivity index (χ1v) is 10.1. The summed E-state index contributed by atoms with van der Waals surface area (Å²) >= 11 is 0. The predicted molar refractivity (Wildman–Crippen MR) is 122 cm³/mol. The van der Waals surface area contributed by atoms with E-state index in [1.165, 1.54) is 5.56 Å². The van der Waals surface area contributed by atoms with Crippen molar-refractivity contribution in [1.82, 2.24) is 4.98 Å². The Morgan fingerprint density at radius 2 is 1.37 bits per heavy atom. The first kappa shape index (κ1) is 19.8. The molecule has 0 radical (unpaired) electrons. The van der Waals surface area contributed by atoms with Crippen molar-refractivity contribution in [2.24, 2.45) is 0 Å². The smallest absolute Gasteiger partial charge is 0.344 e. The van der Waals surface area contributed by atoms with Crippen LogP contribution in [0.15, 0.2) is 60.7 Å². The quantitative estimate of drug-likeness (QED) is 0.287. The number of ether oxygens (including phenoxy) is 1. The maximum atomic E-state index is 13.3. The average molecular weight is 396 g/mol. The van der Waals surface area contributed by atoms with Crippen LogP contribution >= 0.6 is 0 Å². The van der Waals surface area contributed by atoms with Gasteiger partial charge in [-0.15, -0.1) is 0 Å². The Labute approximate surface area is 177 Å². The summed E-state index contributed by atoms with van der Waals surface area (Å²) in [7, 11) is 0. The number of benzene rings is 3. The van der Waals surface area contributed by atoms with Crippen LogP contribution in [0.25, 0.3) is 22.2 Å². The van der Waals surface area contributed by atoms with E-state index in [1.807, 2.05) is 64.1 Å². The molecule has 0 aliphatic heterocycles. The molecule has 0 amide bonds. The molecule has 0 fully saturated rings. The van der Waals surface area contributed by atoms with E-state index in [0.29, 0.717) is 11.3 Å². The number of hydrogen-bond acceptors (Lipinski definition) is 3. The fourth-order valence-corrected chi connectivity index (χ4v) is 3.88. The largest absolute Gasteiger partial charge is 0.423 e. The van der Waals surface area contributed by atoms with E-state index in [4.69, 9.17) is 9.72 Å². The Morgan fingerprint density at radius 3 is 2.03 bits per heavy atom. The number of aryl methyl sites for hydroxylation is 5. The van der Waals surface area contributed by atoms with Gasteiger partial charge in [0.25, 0.3) is 0 Å². The molecular weight excluding hydrogens is 370 g/mol. The number of fused-ring (bicyclic) bond motifs is 1. The van der Waals surface area contributed by atoms with Crippen molar-refractivity contribution in [2.45, 2.75) is 34.6 Å². The molecule has 0 saturated carbocycles. The second-order valence-electron chi connectivity index (χ2n) is 8.11. The molecule has 0 saturated heterocycles. The summed E-state index contributed by atoms with van der Waals surface area (Å²) in [5.74, 6) is 0.189. The number of hydrogen-bond donors (Lipinski definition) is 0. The molecule has 0 atom stereocenters. The number of esters is 1. The summed E-state index contributed by atoms with van der Waals surface area (Å²) in [6.07, 6.45) is 0. The SMILES string of the molecule is Cc1ccc(-c2cc(C(=O)Oc3cc(C)cc(C)c3)c3cc(C)cc(C)c3n2)cc1. The van der Waals surface area contributed by atoms with Crippen molar-refractivity contribution in [3.63, 3.8) is 0 Å². The van der Waals surface area contributed by atoms with Gasteiger partial charge < -0.3 is 4.74 Å². The van der Waals surface area contributed by atoms with E-state index >= 15 is 0 Å². The molecule has 30 heavy (non-hydrogen) atoms. The highest BCUT2D eigenvalue weighted by molar-refractivity contribution is 6.06. The van der Waals surface area contributed by atoms with Gasteiger partial charge in [-0.2, -0.15) is 0 Å². The Morgan fingerprint density at radius 1 is 0.733 bits per heavy atom. The molecule has 0 spiro atoms. The summed E-state index contributed by atoms with van der Waals surface area (Å²) in [6, 6.07) is 19.9. The lowest BCUT2D eigenvalue weighted by atomic mass is 9.99. The summed E-state index contributed by atoms with van der Waals surface area (Å²) in [6.45, 7) is 10.1. The Kier molecular flexibility index (Phi) is 5.13. The van der Waals surface area contributed by atoms with E-state index in [1.54, 1.807) is 0 Å². The molecular formula is C27H25NO2. The van der Waals surface area contributed by atoms with Gasteiger partial charge in [0, 0.05) is 10.9 Å². The standard InChI is InChI=1S/C27H25NO2/c1-16-6-8-21(9-7-16)25-15-24(23-14-19(4)11-20(5)26(23)28-25)27(29)30-22-12-17(2)10-18(3)13-22/h6-15H,1-5H3. The van der Waals surface area contributed by atoms with Gasteiger partial charge in [-0.3, -0.25) is 0 Å². The molecule has 0 bridgehead atoms. The van der Waals surface area contributed by atoms with E-state index in [0.717, 1.165) is 44.4 Å². The average Bonchev–Trinajstić information content (AvgIpc) is 2.67. The van der Waals surface area contributed by atoms with Gasteiger partial charge in [-0.1, -0.05) is 47.5 Å². The third kappa shape index (κ3) is 3.97. The third-order valence-electron chi connectivity index (χ3n) is 5.22. The molecule has 3 heteroatoms. The number of carbonyl (C=O) groups is 1.